The molecule has 0 bridgehead atoms. The molecule has 0 unspecified atom stereocenters. The fourth-order valence-electron chi connectivity index (χ4n) is 6.17. The molecule has 0 amide bonds. The molecule has 0 aliphatic carbocycles. The Balaban J connectivity index is 0.000000215. The van der Waals surface area contributed by atoms with Crippen LogP contribution in [0.25, 0.3) is 0 Å². The molecule has 0 saturated heterocycles. The summed E-state index contributed by atoms with van der Waals surface area (Å²) in [4.78, 5) is 0.238. The van der Waals surface area contributed by atoms with Crippen LogP contribution in [0.1, 0.15) is 71.1 Å². The monoisotopic (exact) mass is 666 g/mol. The Bertz CT molecular complexity index is 1470. The summed E-state index contributed by atoms with van der Waals surface area (Å²) >= 11 is 0. The Morgan fingerprint density at radius 1 is 0.426 bits per heavy atom. The van der Waals surface area contributed by atoms with Gasteiger partial charge in [-0.15, -0.1) is 0 Å². The van der Waals surface area contributed by atoms with Crippen molar-refractivity contribution >= 4 is 38.6 Å². The van der Waals surface area contributed by atoms with Gasteiger partial charge in [0.2, 0.25) is 0 Å². The van der Waals surface area contributed by atoms with E-state index in [0.29, 0.717) is 0 Å². The number of unbranched alkanes of at least 4 members (excludes halogenated alkanes) is 9. The van der Waals surface area contributed by atoms with E-state index >= 15 is 0 Å². The quantitative estimate of drug-likeness (QED) is 0.0565. The van der Waals surface area contributed by atoms with Crippen LogP contribution in [0.15, 0.2) is 157 Å². The van der Waals surface area contributed by atoms with Crippen molar-refractivity contribution < 1.29 is 12.6 Å². The van der Waals surface area contributed by atoms with Crippen LogP contribution in [-0.4, -0.2) is 15.0 Å². The summed E-state index contributed by atoms with van der Waals surface area (Å²) in [6.45, 7) is 2.52. The minimum absolute atomic E-state index is 0.238. The summed E-state index contributed by atoms with van der Waals surface area (Å²) in [7, 11) is -5.87. The van der Waals surface area contributed by atoms with E-state index in [1.807, 2.05) is 0 Å². The molecule has 0 aliphatic heterocycles. The third-order valence-corrected chi connectivity index (χ3v) is 14.7. The predicted octanol–water partition coefficient (Wildman–Crippen LogP) is 9.35. The van der Waals surface area contributed by atoms with Gasteiger partial charge < -0.3 is 0 Å². The van der Waals surface area contributed by atoms with Crippen molar-refractivity contribution in [1.82, 2.24) is 0 Å². The van der Waals surface area contributed by atoms with Crippen LogP contribution in [0.2, 0.25) is 0 Å². The van der Waals surface area contributed by atoms with E-state index in [-0.39, 0.29) is 11.5 Å². The number of hydrogen-bond donors (Lipinski definition) is 0. The summed E-state index contributed by atoms with van der Waals surface area (Å²) in [5.74, 6) is 0. The van der Waals surface area contributed by atoms with Gasteiger partial charge in [0.15, 0.2) is 0 Å². The molecular weight excluding hydrogens is 616 g/mol. The zero-order valence-corrected chi connectivity index (χ0v) is 29.7. The Morgan fingerprint density at radius 3 is 1.06 bits per heavy atom. The maximum absolute atomic E-state index is 11.9. The molecule has 0 N–H and O–H groups in total. The van der Waals surface area contributed by atoms with E-state index in [1.165, 1.54) is 72.6 Å². The Hall–Kier alpha value is -3.56. The molecule has 0 heterocycles. The van der Waals surface area contributed by atoms with E-state index in [2.05, 4.69) is 128 Å². The second-order valence-electron chi connectivity index (χ2n) is 12.0. The fourth-order valence-corrected chi connectivity index (χ4v) is 11.9. The van der Waals surface area contributed by atoms with Crippen molar-refractivity contribution in [3.05, 3.63) is 152 Å². The van der Waals surface area contributed by atoms with Gasteiger partial charge in [-0.3, -0.25) is 4.18 Å². The van der Waals surface area contributed by atoms with E-state index in [0.717, 1.165) is 12.8 Å². The van der Waals surface area contributed by atoms with E-state index in [4.69, 9.17) is 4.18 Å². The summed E-state index contributed by atoms with van der Waals surface area (Å²) in [5, 5.41) is 5.66. The van der Waals surface area contributed by atoms with Crippen LogP contribution >= 0.6 is 7.26 Å². The molecule has 5 heteroatoms. The normalized spacial score (nSPS) is 11.8. The van der Waals surface area contributed by atoms with Crippen LogP contribution in [-0.2, 0) is 14.3 Å². The SMILES string of the molecule is CCCCCCCCCCCCOS(=O)(=O)c1ccccc1.c1ccc([PH](c2ccccc2)(c2ccccc2)c2ccccc2)cc1. The molecule has 0 spiro atoms. The zero-order valence-electron chi connectivity index (χ0n) is 27.8. The molecule has 248 valence electrons. The average Bonchev–Trinajstić information content (AvgIpc) is 3.13. The van der Waals surface area contributed by atoms with Crippen LogP contribution in [0.3, 0.4) is 0 Å². The Morgan fingerprint density at radius 2 is 0.723 bits per heavy atom. The van der Waals surface area contributed by atoms with Gasteiger partial charge in [-0.25, -0.2) is 0 Å². The first-order chi connectivity index (χ1) is 23.1. The number of hydrogen-bond acceptors (Lipinski definition) is 3. The molecule has 0 saturated carbocycles. The standard InChI is InChI=1S/C24H21P.C18H30O3S/c1-5-13-21(14-6-1)25(22-15-7-2-8-16-22,23-17-9-3-10-18-23)24-19-11-4-12-20-24;1-2-3-4-5-6-7-8-9-10-14-17-21-22(19,20)18-15-12-11-13-16-18/h1-20,25H;11-13,15-16H,2-10,14,17H2,1H3. The van der Waals surface area contributed by atoms with E-state index in [1.54, 1.807) is 30.3 Å². The first-order valence-electron chi connectivity index (χ1n) is 17.3. The fraction of sp³-hybridized carbons (Fsp3) is 0.286. The molecule has 0 atom stereocenters. The van der Waals surface area contributed by atoms with Crippen molar-refractivity contribution in [1.29, 1.82) is 0 Å². The Labute approximate surface area is 284 Å². The first-order valence-corrected chi connectivity index (χ1v) is 20.7. The average molecular weight is 667 g/mol. The number of benzene rings is 5. The van der Waals surface area contributed by atoms with Gasteiger partial charge in [0, 0.05) is 0 Å². The molecule has 47 heavy (non-hydrogen) atoms. The second-order valence-corrected chi connectivity index (χ2v) is 17.4. The molecule has 5 rings (SSSR count). The molecular formula is C42H51O3PS. The first kappa shape index (κ1) is 36.3. The van der Waals surface area contributed by atoms with Crippen molar-refractivity contribution in [2.75, 3.05) is 6.61 Å². The molecule has 3 nitrogen and oxygen atoms in total. The third-order valence-electron chi connectivity index (χ3n) is 8.60. The maximum atomic E-state index is 11.9. The molecule has 0 aromatic heterocycles. The van der Waals surface area contributed by atoms with Gasteiger partial charge in [-0.1, -0.05) is 82.9 Å². The topological polar surface area (TPSA) is 43.4 Å². The minimum atomic E-state index is -3.57. The van der Waals surface area contributed by atoms with Crippen LogP contribution in [0, 0.1) is 0 Å². The van der Waals surface area contributed by atoms with Crippen molar-refractivity contribution in [3.63, 3.8) is 0 Å². The molecule has 0 fully saturated rings. The van der Waals surface area contributed by atoms with Crippen LogP contribution in [0.5, 0.6) is 0 Å². The predicted molar refractivity (Wildman–Crippen MR) is 204 cm³/mol. The summed E-state index contributed by atoms with van der Waals surface area (Å²) in [6.07, 6.45) is 12.3. The van der Waals surface area contributed by atoms with E-state index < -0.39 is 17.4 Å². The van der Waals surface area contributed by atoms with Crippen LogP contribution < -0.4 is 21.2 Å². The summed E-state index contributed by atoms with van der Waals surface area (Å²) in [6, 6.07) is 52.3. The van der Waals surface area contributed by atoms with Crippen LogP contribution in [0.4, 0.5) is 0 Å². The van der Waals surface area contributed by atoms with Crippen molar-refractivity contribution in [2.45, 2.75) is 76.0 Å². The molecule has 5 aromatic rings. The summed E-state index contributed by atoms with van der Waals surface area (Å²) < 4.78 is 28.8. The molecule has 0 aliphatic rings. The zero-order chi connectivity index (χ0) is 33.0. The third kappa shape index (κ3) is 10.7. The summed E-state index contributed by atoms with van der Waals surface area (Å²) in [5.41, 5.74) is 0. The molecule has 0 radical (unpaired) electrons. The van der Waals surface area contributed by atoms with Gasteiger partial charge >= 0.3 is 150 Å². The second kappa shape index (κ2) is 20.0. The van der Waals surface area contributed by atoms with Gasteiger partial charge in [-0.2, -0.15) is 8.42 Å². The van der Waals surface area contributed by atoms with Gasteiger partial charge in [-0.05, 0) is 18.6 Å². The van der Waals surface area contributed by atoms with Crippen molar-refractivity contribution in [2.24, 2.45) is 0 Å². The van der Waals surface area contributed by atoms with Gasteiger partial charge in [0.25, 0.3) is 10.1 Å². The van der Waals surface area contributed by atoms with Gasteiger partial charge in [0.1, 0.15) is 0 Å². The van der Waals surface area contributed by atoms with Crippen molar-refractivity contribution in [3.8, 4) is 0 Å². The Kier molecular flexibility index (Phi) is 15.4. The molecule has 5 aromatic carbocycles. The van der Waals surface area contributed by atoms with Gasteiger partial charge in [0.05, 0.1) is 11.5 Å². The van der Waals surface area contributed by atoms with E-state index in [9.17, 15) is 8.42 Å². The number of rotatable bonds is 17.